The van der Waals surface area contributed by atoms with Gasteiger partial charge in [-0.3, -0.25) is 9.80 Å². The average Bonchev–Trinajstić information content (AvgIpc) is 2.46. The number of amides is 2. The first-order valence-electron chi connectivity index (χ1n) is 7.00. The van der Waals surface area contributed by atoms with Gasteiger partial charge in [0.2, 0.25) is 0 Å². The second-order valence-electron chi connectivity index (χ2n) is 5.11. The number of hydrogen-bond donors (Lipinski definition) is 1. The molecule has 112 valence electrons. The van der Waals surface area contributed by atoms with Crippen LogP contribution < -0.4 is 0 Å². The summed E-state index contributed by atoms with van der Waals surface area (Å²) >= 11 is 0. The van der Waals surface area contributed by atoms with Crippen molar-refractivity contribution in [1.82, 2.24) is 9.80 Å². The Labute approximate surface area is 121 Å². The van der Waals surface area contributed by atoms with Crippen LogP contribution in [0, 0.1) is 5.92 Å². The third-order valence-electron chi connectivity index (χ3n) is 3.73. The van der Waals surface area contributed by atoms with Crippen molar-refractivity contribution in [3.63, 3.8) is 0 Å². The molecule has 0 aliphatic carbocycles. The highest BCUT2D eigenvalue weighted by Crippen LogP contribution is 2.26. The zero-order valence-electron chi connectivity index (χ0n) is 12.9. The van der Waals surface area contributed by atoms with Crippen molar-refractivity contribution in [2.24, 2.45) is 10.9 Å². The maximum absolute atomic E-state index is 12.0. The molecule has 0 bridgehead atoms. The Morgan fingerprint density at radius 1 is 1.40 bits per heavy atom. The molecular weight excluding hydrogens is 254 g/mol. The first-order chi connectivity index (χ1) is 9.43. The van der Waals surface area contributed by atoms with Crippen LogP contribution in [0.1, 0.15) is 33.1 Å². The van der Waals surface area contributed by atoms with Crippen molar-refractivity contribution in [3.05, 3.63) is 23.7 Å². The van der Waals surface area contributed by atoms with Gasteiger partial charge in [-0.2, -0.15) is 0 Å². The highest BCUT2D eigenvalue weighted by Gasteiger charge is 2.28. The van der Waals surface area contributed by atoms with Gasteiger partial charge in [-0.05, 0) is 32.1 Å². The highest BCUT2D eigenvalue weighted by atomic mass is 16.3. The average molecular weight is 279 g/mol. The van der Waals surface area contributed by atoms with Gasteiger partial charge in [-0.1, -0.05) is 13.5 Å². The summed E-state index contributed by atoms with van der Waals surface area (Å²) in [6, 6.07) is -0.129. The molecule has 1 N–H and O–H groups in total. The molecule has 0 radical (unpaired) electrons. The number of carbonyl (C=O) groups excluding carboxylic acids is 1. The van der Waals surface area contributed by atoms with Crippen molar-refractivity contribution in [2.75, 3.05) is 20.7 Å². The molecule has 0 saturated heterocycles. The van der Waals surface area contributed by atoms with Crippen molar-refractivity contribution in [1.29, 1.82) is 0 Å². The van der Waals surface area contributed by atoms with Gasteiger partial charge in [0.15, 0.2) is 0 Å². The van der Waals surface area contributed by atoms with Gasteiger partial charge in [0.25, 0.3) is 0 Å². The molecule has 0 aromatic heterocycles. The number of likely N-dealkylation sites (N-methyl/N-ethyl adjacent to an activating group) is 1. The molecule has 0 saturated carbocycles. The Bertz CT molecular complexity index is 440. The summed E-state index contributed by atoms with van der Waals surface area (Å²) in [5.41, 5.74) is 1.59. The van der Waals surface area contributed by atoms with Crippen molar-refractivity contribution < 1.29 is 9.90 Å². The Balaban J connectivity index is 2.93. The van der Waals surface area contributed by atoms with Crippen LogP contribution in [-0.4, -0.2) is 47.9 Å². The third-order valence-corrected chi connectivity index (χ3v) is 3.73. The first-order valence-corrected chi connectivity index (χ1v) is 7.00. The second-order valence-corrected chi connectivity index (χ2v) is 5.11. The van der Waals surface area contributed by atoms with Crippen molar-refractivity contribution in [2.45, 2.75) is 33.1 Å². The van der Waals surface area contributed by atoms with Gasteiger partial charge in [0.1, 0.15) is 5.82 Å². The van der Waals surface area contributed by atoms with Gasteiger partial charge in [0, 0.05) is 38.2 Å². The lowest BCUT2D eigenvalue weighted by molar-refractivity contribution is 0.189. The zero-order chi connectivity index (χ0) is 15.3. The lowest BCUT2D eigenvalue weighted by atomic mass is 10.0. The molecule has 5 nitrogen and oxygen atoms in total. The number of hydrogen-bond acceptors (Lipinski definition) is 3. The molecule has 1 heterocycles. The quantitative estimate of drug-likeness (QED) is 0.760. The number of carbonyl (C=O) groups is 1. The van der Waals surface area contributed by atoms with E-state index < -0.39 is 0 Å². The number of aliphatic hydroxyl groups is 1. The molecule has 5 heteroatoms. The van der Waals surface area contributed by atoms with Crippen LogP contribution in [0.15, 0.2) is 28.7 Å². The molecule has 1 aliphatic heterocycles. The van der Waals surface area contributed by atoms with Crippen LogP contribution in [0.5, 0.6) is 0 Å². The fraction of sp³-hybridized carbons (Fsp3) is 0.600. The summed E-state index contributed by atoms with van der Waals surface area (Å²) in [5, 5.41) is 8.89. The summed E-state index contributed by atoms with van der Waals surface area (Å²) in [4.78, 5) is 19.6. The lowest BCUT2D eigenvalue weighted by Gasteiger charge is -2.33. The van der Waals surface area contributed by atoms with Gasteiger partial charge >= 0.3 is 6.03 Å². The third kappa shape index (κ3) is 3.48. The molecule has 1 aliphatic rings. The minimum absolute atomic E-state index is 0.129. The van der Waals surface area contributed by atoms with Gasteiger partial charge in [-0.25, -0.2) is 9.79 Å². The first kappa shape index (κ1) is 16.4. The number of aliphatic hydroxyl groups excluding tert-OH is 1. The van der Waals surface area contributed by atoms with Crippen molar-refractivity contribution >= 4 is 12.2 Å². The Morgan fingerprint density at radius 2 is 2.05 bits per heavy atom. The topological polar surface area (TPSA) is 56.1 Å². The number of aliphatic imine (C=N–C) groups is 1. The van der Waals surface area contributed by atoms with E-state index in [2.05, 4.69) is 18.5 Å². The Kier molecular flexibility index (Phi) is 5.95. The number of urea groups is 1. The SMILES string of the molecule is C=C1C(C)=C(/N=C\C(CC)CCCO)N(C)C(=O)N1C. The van der Waals surface area contributed by atoms with E-state index >= 15 is 0 Å². The van der Waals surface area contributed by atoms with Gasteiger partial charge in [-0.15, -0.1) is 0 Å². The van der Waals surface area contributed by atoms with Crippen molar-refractivity contribution in [3.8, 4) is 0 Å². The van der Waals surface area contributed by atoms with Crippen LogP contribution in [0.2, 0.25) is 0 Å². The smallest absolute Gasteiger partial charge is 0.329 e. The molecule has 1 rings (SSSR count). The van der Waals surface area contributed by atoms with Crippen LogP contribution >= 0.6 is 0 Å². The molecule has 20 heavy (non-hydrogen) atoms. The summed E-state index contributed by atoms with van der Waals surface area (Å²) in [7, 11) is 3.43. The Hall–Kier alpha value is -1.62. The maximum Gasteiger partial charge on any atom is 0.329 e. The summed E-state index contributed by atoms with van der Waals surface area (Å²) in [6.07, 6.45) is 4.53. The second kappa shape index (κ2) is 7.24. The molecular formula is C15H25N3O2. The van der Waals surface area contributed by atoms with E-state index in [0.29, 0.717) is 17.4 Å². The van der Waals surface area contributed by atoms with Gasteiger partial charge in [0.05, 0.1) is 0 Å². The van der Waals surface area contributed by atoms with E-state index in [1.54, 1.807) is 19.0 Å². The van der Waals surface area contributed by atoms with E-state index in [0.717, 1.165) is 24.8 Å². The molecule has 2 amide bonds. The molecule has 1 unspecified atom stereocenters. The minimum atomic E-state index is -0.129. The predicted octanol–water partition coefficient (Wildman–Crippen LogP) is 2.60. The van der Waals surface area contributed by atoms with E-state index in [1.165, 1.54) is 4.90 Å². The lowest BCUT2D eigenvalue weighted by Crippen LogP contribution is -2.42. The highest BCUT2D eigenvalue weighted by molar-refractivity contribution is 5.81. The number of allylic oxidation sites excluding steroid dienone is 1. The van der Waals surface area contributed by atoms with Crippen LogP contribution in [0.25, 0.3) is 0 Å². The molecule has 0 fully saturated rings. The fourth-order valence-electron chi connectivity index (χ4n) is 2.16. The van der Waals surface area contributed by atoms with Crippen LogP contribution in [-0.2, 0) is 0 Å². The normalized spacial score (nSPS) is 18.4. The van der Waals surface area contributed by atoms with E-state index in [1.807, 2.05) is 13.1 Å². The largest absolute Gasteiger partial charge is 0.396 e. The molecule has 1 atom stereocenters. The minimum Gasteiger partial charge on any atom is -0.396 e. The van der Waals surface area contributed by atoms with E-state index in [9.17, 15) is 4.79 Å². The number of nitrogens with zero attached hydrogens (tertiary/aromatic N) is 3. The van der Waals surface area contributed by atoms with E-state index in [-0.39, 0.29) is 12.6 Å². The molecule has 0 spiro atoms. The van der Waals surface area contributed by atoms with Gasteiger partial charge < -0.3 is 5.11 Å². The summed E-state index contributed by atoms with van der Waals surface area (Å²) in [5.74, 6) is 0.972. The summed E-state index contributed by atoms with van der Waals surface area (Å²) in [6.45, 7) is 8.14. The Morgan fingerprint density at radius 3 is 2.60 bits per heavy atom. The maximum atomic E-state index is 12.0. The predicted molar refractivity (Wildman–Crippen MR) is 81.4 cm³/mol. The fourth-order valence-corrected chi connectivity index (χ4v) is 2.16. The monoisotopic (exact) mass is 279 g/mol. The summed E-state index contributed by atoms with van der Waals surface area (Å²) < 4.78 is 0. The van der Waals surface area contributed by atoms with Crippen LogP contribution in [0.3, 0.4) is 0 Å². The van der Waals surface area contributed by atoms with E-state index in [4.69, 9.17) is 5.11 Å². The zero-order valence-corrected chi connectivity index (χ0v) is 12.9. The number of rotatable bonds is 6. The standard InChI is InChI=1S/C15H25N3O2/c1-6-13(8-7-9-19)10-16-14-11(2)12(3)17(4)15(20)18(14)5/h10,13,19H,3,6-9H2,1-2,4-5H3/b16-10-. The molecule has 0 aromatic rings. The van der Waals surface area contributed by atoms with Crippen LogP contribution in [0.4, 0.5) is 4.79 Å². The molecule has 0 aromatic carbocycles.